The van der Waals surface area contributed by atoms with E-state index in [1.807, 2.05) is 0 Å². The van der Waals surface area contributed by atoms with Gasteiger partial charge in [0.25, 0.3) is 0 Å². The Labute approximate surface area is 83.0 Å². The first-order chi connectivity index (χ1) is 1.73. The third-order valence-electron chi connectivity index (χ3n) is 0. The maximum absolute atomic E-state index is 8.44. The van der Waals surface area contributed by atoms with Gasteiger partial charge in [-0.15, -0.1) is 11.4 Å². The van der Waals surface area contributed by atoms with Gasteiger partial charge in [-0.25, -0.2) is 0 Å². The van der Waals surface area contributed by atoms with Gasteiger partial charge in [0.15, 0.2) is 0 Å². The van der Waals surface area contributed by atoms with E-state index in [1.165, 1.54) is 0 Å². The van der Waals surface area contributed by atoms with Crippen LogP contribution >= 0.6 is 0 Å². The first-order valence-corrected chi connectivity index (χ1v) is 1.50. The third-order valence-corrected chi connectivity index (χ3v) is 0. The SMILES string of the molecule is O.O.O.O.O.O.O.O=S([O-])[O-].[Zn+2]. The van der Waals surface area contributed by atoms with Crippen LogP contribution in [0.25, 0.3) is 0 Å². The van der Waals surface area contributed by atoms with Gasteiger partial charge in [0.05, 0.1) is 0 Å². The minimum atomic E-state index is -3.11. The Morgan fingerprint density at radius 2 is 0.667 bits per heavy atom. The molecule has 0 aromatic rings. The molecule has 0 heterocycles. The molecule has 0 atom stereocenters. The van der Waals surface area contributed by atoms with Gasteiger partial charge in [0.1, 0.15) is 0 Å². The fraction of sp³-hybridized carbons (Fsp3) is 0. The topological polar surface area (TPSA) is 284 Å². The zero-order valence-corrected chi connectivity index (χ0v) is 9.62. The summed E-state index contributed by atoms with van der Waals surface area (Å²) >= 11 is -3.11. The molecule has 82 valence electrons. The van der Waals surface area contributed by atoms with E-state index in [4.69, 9.17) is 13.3 Å². The largest absolute Gasteiger partial charge is 2.00 e. The van der Waals surface area contributed by atoms with Gasteiger partial charge in [-0.3, -0.25) is 4.21 Å². The van der Waals surface area contributed by atoms with E-state index < -0.39 is 11.4 Å². The second-order valence-corrected chi connectivity index (χ2v) is 0.612. The van der Waals surface area contributed by atoms with Gasteiger partial charge in [0.2, 0.25) is 0 Å². The van der Waals surface area contributed by atoms with Crippen molar-refractivity contribution >= 4 is 11.4 Å². The number of hydrogen-bond donors (Lipinski definition) is 0. The predicted octanol–water partition coefficient (Wildman–Crippen LogP) is -6.78. The molecule has 0 aromatic heterocycles. The molecule has 0 aliphatic rings. The second kappa shape index (κ2) is 106. The van der Waals surface area contributed by atoms with Crippen molar-refractivity contribution in [3.8, 4) is 0 Å². The predicted molar refractivity (Wildman–Crippen MR) is 35.0 cm³/mol. The first-order valence-electron chi connectivity index (χ1n) is 0.500. The van der Waals surface area contributed by atoms with Crippen molar-refractivity contribution in [3.05, 3.63) is 0 Å². The molecule has 12 heavy (non-hydrogen) atoms. The standard InChI is InChI=1S/H2O3S.7H2O.Zn/c1-4(2)3;;;;;;;;/h(H2,1,2,3);7*1H2;/q;;;;;;;;+2/p-2. The Kier molecular flexibility index (Phi) is 1230. The summed E-state index contributed by atoms with van der Waals surface area (Å²) in [6, 6.07) is 0. The molecule has 0 radical (unpaired) electrons. The Morgan fingerprint density at radius 1 is 0.667 bits per heavy atom. The van der Waals surface area contributed by atoms with Crippen molar-refractivity contribution in [2.24, 2.45) is 0 Å². The average Bonchev–Trinajstić information content (AvgIpc) is 0.811. The molecule has 0 aliphatic heterocycles. The van der Waals surface area contributed by atoms with Crippen LogP contribution in [0.4, 0.5) is 0 Å². The normalized spacial score (nSPS) is 2.92. The van der Waals surface area contributed by atoms with Crippen LogP contribution in [0.15, 0.2) is 0 Å². The van der Waals surface area contributed by atoms with Crippen LogP contribution in [0, 0.1) is 0 Å². The Hall–Kier alpha value is 0.413. The average molecular weight is 272 g/mol. The van der Waals surface area contributed by atoms with Crippen LogP contribution in [0.1, 0.15) is 0 Å². The summed E-state index contributed by atoms with van der Waals surface area (Å²) in [7, 11) is 0. The summed E-state index contributed by atoms with van der Waals surface area (Å²) in [6.07, 6.45) is 0. The van der Waals surface area contributed by atoms with Crippen molar-refractivity contribution in [1.29, 1.82) is 0 Å². The zero-order valence-electron chi connectivity index (χ0n) is 5.84. The van der Waals surface area contributed by atoms with Crippen molar-refractivity contribution in [2.45, 2.75) is 0 Å². The molecule has 0 fully saturated rings. The van der Waals surface area contributed by atoms with Gasteiger partial charge < -0.3 is 47.4 Å². The van der Waals surface area contributed by atoms with Crippen LogP contribution in [0.5, 0.6) is 0 Å². The molecular weight excluding hydrogens is 257 g/mol. The van der Waals surface area contributed by atoms with Crippen molar-refractivity contribution in [2.75, 3.05) is 0 Å². The minimum absolute atomic E-state index is 0. The van der Waals surface area contributed by atoms with Gasteiger partial charge in [-0.05, 0) is 0 Å². The molecule has 12 heteroatoms. The zero-order chi connectivity index (χ0) is 3.58. The van der Waals surface area contributed by atoms with Crippen molar-refractivity contribution < 1.29 is 71.1 Å². The van der Waals surface area contributed by atoms with E-state index in [0.717, 1.165) is 0 Å². The summed E-state index contributed by atoms with van der Waals surface area (Å²) in [5.41, 5.74) is 0. The van der Waals surface area contributed by atoms with Crippen molar-refractivity contribution in [1.82, 2.24) is 0 Å². The van der Waals surface area contributed by atoms with Crippen LogP contribution in [0.2, 0.25) is 0 Å². The molecule has 0 aliphatic carbocycles. The number of rotatable bonds is 0. The maximum atomic E-state index is 8.44. The molecule has 10 nitrogen and oxygen atoms in total. The second-order valence-electron chi connectivity index (χ2n) is 0.204. The van der Waals surface area contributed by atoms with Gasteiger partial charge in [-0.1, -0.05) is 0 Å². The first kappa shape index (κ1) is 139. The molecule has 0 unspecified atom stereocenters. The molecule has 0 bridgehead atoms. The van der Waals surface area contributed by atoms with Crippen LogP contribution in [0.3, 0.4) is 0 Å². The molecule has 0 saturated carbocycles. The van der Waals surface area contributed by atoms with Crippen LogP contribution in [-0.2, 0) is 30.8 Å². The van der Waals surface area contributed by atoms with Crippen molar-refractivity contribution in [3.63, 3.8) is 0 Å². The van der Waals surface area contributed by atoms with E-state index in [2.05, 4.69) is 0 Å². The maximum Gasteiger partial charge on any atom is 2.00 e. The summed E-state index contributed by atoms with van der Waals surface area (Å²) < 4.78 is 25.3. The van der Waals surface area contributed by atoms with E-state index in [1.54, 1.807) is 0 Å². The molecule has 0 spiro atoms. The Morgan fingerprint density at radius 3 is 0.667 bits per heavy atom. The summed E-state index contributed by atoms with van der Waals surface area (Å²) in [6.45, 7) is 0. The van der Waals surface area contributed by atoms with E-state index in [9.17, 15) is 0 Å². The van der Waals surface area contributed by atoms with Gasteiger partial charge in [0, 0.05) is 0 Å². The minimum Gasteiger partial charge on any atom is -0.784 e. The molecular formula is H14O10SZn. The van der Waals surface area contributed by atoms with E-state index in [-0.39, 0.29) is 57.8 Å². The monoisotopic (exact) mass is 270 g/mol. The van der Waals surface area contributed by atoms with Gasteiger partial charge in [-0.2, -0.15) is 0 Å². The smallest absolute Gasteiger partial charge is 0.784 e. The fourth-order valence-electron chi connectivity index (χ4n) is 0. The Bertz CT molecular complexity index is 32.8. The summed E-state index contributed by atoms with van der Waals surface area (Å²) in [4.78, 5) is 0. The molecule has 0 amide bonds. The number of hydrogen-bond acceptors (Lipinski definition) is 3. The fourth-order valence-corrected chi connectivity index (χ4v) is 0. The van der Waals surface area contributed by atoms with Gasteiger partial charge >= 0.3 is 19.5 Å². The summed E-state index contributed by atoms with van der Waals surface area (Å²) in [5.74, 6) is 0. The van der Waals surface area contributed by atoms with Crippen LogP contribution < -0.4 is 0 Å². The molecule has 0 aromatic carbocycles. The molecule has 14 N–H and O–H groups in total. The van der Waals surface area contributed by atoms with E-state index >= 15 is 0 Å². The van der Waals surface area contributed by atoms with Crippen LogP contribution in [-0.4, -0.2) is 51.6 Å². The molecule has 0 rings (SSSR count). The Balaban J connectivity index is -0.00000000161. The quantitative estimate of drug-likeness (QED) is 0.306. The van der Waals surface area contributed by atoms with E-state index in [0.29, 0.717) is 0 Å². The summed E-state index contributed by atoms with van der Waals surface area (Å²) in [5, 5.41) is 0. The molecule has 0 saturated heterocycles. The third kappa shape index (κ3) is 5400.